The maximum absolute atomic E-state index is 13.1. The van der Waals surface area contributed by atoms with Crippen molar-refractivity contribution in [3.05, 3.63) is 78.6 Å². The molecule has 1 amide bonds. The maximum Gasteiger partial charge on any atom is 0.267 e. The van der Waals surface area contributed by atoms with Crippen molar-refractivity contribution in [3.63, 3.8) is 0 Å². The summed E-state index contributed by atoms with van der Waals surface area (Å²) in [6, 6.07) is 15.9. The molecule has 0 bridgehead atoms. The van der Waals surface area contributed by atoms with Gasteiger partial charge >= 0.3 is 0 Å². The van der Waals surface area contributed by atoms with E-state index in [0.717, 1.165) is 46.6 Å². The number of hydrogen-bond donors (Lipinski definition) is 2. The highest BCUT2D eigenvalue weighted by Crippen LogP contribution is 2.26. The van der Waals surface area contributed by atoms with Crippen molar-refractivity contribution in [1.29, 1.82) is 0 Å². The highest BCUT2D eigenvalue weighted by Gasteiger charge is 2.17. The summed E-state index contributed by atoms with van der Waals surface area (Å²) in [6.07, 6.45) is 7.84. The molecule has 1 aliphatic heterocycles. The molecule has 0 aliphatic carbocycles. The molecule has 4 rings (SSSR count). The van der Waals surface area contributed by atoms with Crippen LogP contribution in [0.2, 0.25) is 0 Å². The zero-order valence-electron chi connectivity index (χ0n) is 18.6. The van der Waals surface area contributed by atoms with Crippen molar-refractivity contribution in [2.24, 2.45) is 0 Å². The summed E-state index contributed by atoms with van der Waals surface area (Å²) in [5, 5.41) is 8.55. The van der Waals surface area contributed by atoms with Crippen LogP contribution in [-0.2, 0) is 14.8 Å². The number of nitrogens with zero attached hydrogens (tertiary/aromatic N) is 2. The van der Waals surface area contributed by atoms with Gasteiger partial charge in [0.1, 0.15) is 12.4 Å². The Kier molecular flexibility index (Phi) is 7.46. The molecule has 8 nitrogen and oxygen atoms in total. The smallest absolute Gasteiger partial charge is 0.267 e. The first kappa shape index (κ1) is 23.7. The van der Waals surface area contributed by atoms with E-state index in [1.54, 1.807) is 24.3 Å². The fraction of sp³-hybridized carbons (Fsp3) is 0.240. The Morgan fingerprint density at radius 1 is 1.06 bits per heavy atom. The van der Waals surface area contributed by atoms with Crippen molar-refractivity contribution >= 4 is 22.0 Å². The molecule has 0 saturated carbocycles. The Morgan fingerprint density at radius 2 is 1.82 bits per heavy atom. The van der Waals surface area contributed by atoms with Gasteiger partial charge in [-0.1, -0.05) is 24.3 Å². The molecular formula is C25H27N3O5S. The fourth-order valence-corrected chi connectivity index (χ4v) is 5.10. The number of ether oxygens (including phenoxy) is 1. The summed E-state index contributed by atoms with van der Waals surface area (Å²) in [4.78, 5) is 13.7. The first-order valence-electron chi connectivity index (χ1n) is 11.1. The molecule has 0 spiro atoms. The first-order valence-corrected chi connectivity index (χ1v) is 12.5. The van der Waals surface area contributed by atoms with Crippen LogP contribution < -0.4 is 10.2 Å². The molecular weight excluding hydrogens is 454 g/mol. The number of amides is 1. The molecule has 1 aromatic heterocycles. The Morgan fingerprint density at radius 3 is 2.56 bits per heavy atom. The zero-order valence-corrected chi connectivity index (χ0v) is 19.4. The normalized spacial score (nSPS) is 14.5. The summed E-state index contributed by atoms with van der Waals surface area (Å²) in [7, 11) is -3.82. The Hall–Kier alpha value is -3.40. The number of rotatable bonds is 9. The molecule has 34 heavy (non-hydrogen) atoms. The summed E-state index contributed by atoms with van der Waals surface area (Å²) >= 11 is 0. The lowest BCUT2D eigenvalue weighted by Crippen LogP contribution is -2.25. The number of carbonyl (C=O) groups is 1. The Balaban J connectivity index is 1.45. The van der Waals surface area contributed by atoms with Crippen molar-refractivity contribution < 1.29 is 23.2 Å². The third kappa shape index (κ3) is 5.74. The molecule has 0 unspecified atom stereocenters. The van der Waals surface area contributed by atoms with Crippen LogP contribution in [0.3, 0.4) is 0 Å². The van der Waals surface area contributed by atoms with Gasteiger partial charge in [0.25, 0.3) is 15.9 Å². The average molecular weight is 482 g/mol. The van der Waals surface area contributed by atoms with Gasteiger partial charge < -0.3 is 4.74 Å². The molecule has 2 heterocycles. The Labute approximate surface area is 199 Å². The van der Waals surface area contributed by atoms with Crippen molar-refractivity contribution in [2.75, 3.05) is 26.2 Å². The van der Waals surface area contributed by atoms with Crippen LogP contribution in [0, 0.1) is 0 Å². The Bertz CT molecular complexity index is 1260. The van der Waals surface area contributed by atoms with E-state index < -0.39 is 15.9 Å². The minimum Gasteiger partial charge on any atom is -0.492 e. The lowest BCUT2D eigenvalue weighted by atomic mass is 10.1. The number of nitrogens with one attached hydrogen (secondary N) is 1. The highest BCUT2D eigenvalue weighted by atomic mass is 32.2. The van der Waals surface area contributed by atoms with E-state index in [0.29, 0.717) is 12.2 Å². The second kappa shape index (κ2) is 10.7. The van der Waals surface area contributed by atoms with Gasteiger partial charge in [0.05, 0.1) is 4.90 Å². The van der Waals surface area contributed by atoms with Crippen LogP contribution >= 0.6 is 0 Å². The van der Waals surface area contributed by atoms with Crippen LogP contribution in [-0.4, -0.2) is 54.6 Å². The maximum atomic E-state index is 13.1. The highest BCUT2D eigenvalue weighted by molar-refractivity contribution is 7.90. The third-order valence-electron chi connectivity index (χ3n) is 5.70. The molecule has 1 saturated heterocycles. The lowest BCUT2D eigenvalue weighted by molar-refractivity contribution is -0.124. The largest absolute Gasteiger partial charge is 0.492 e. The SMILES string of the molecule is O=C(C=Cc1ccn(S(=O)(=O)c2cccc(-c3ccc(OCCN4CCCC4)cc3)c2)c1)NO. The molecule has 3 aromatic rings. The number of carbonyl (C=O) groups excluding carboxylic acids is 1. The summed E-state index contributed by atoms with van der Waals surface area (Å²) in [5.41, 5.74) is 3.65. The van der Waals surface area contributed by atoms with Crippen molar-refractivity contribution in [3.8, 4) is 16.9 Å². The topological polar surface area (TPSA) is 101 Å². The minimum atomic E-state index is -3.82. The van der Waals surface area contributed by atoms with Crippen LogP contribution in [0.4, 0.5) is 0 Å². The molecule has 2 N–H and O–H groups in total. The molecule has 178 valence electrons. The number of aromatic nitrogens is 1. The standard InChI is InChI=1S/C25H27N3O5S/c29-25(26-30)11-6-20-12-15-28(19-20)34(31,32)24-5-3-4-22(18-24)21-7-9-23(10-8-21)33-17-16-27-13-1-2-14-27/h3-12,15,18-19,30H,1-2,13-14,16-17H2,(H,26,29). The predicted octanol–water partition coefficient (Wildman–Crippen LogP) is 3.39. The average Bonchev–Trinajstić information content (AvgIpc) is 3.56. The number of likely N-dealkylation sites (tertiary alicyclic amines) is 1. The minimum absolute atomic E-state index is 0.148. The second-order valence-corrected chi connectivity index (χ2v) is 9.88. The van der Waals surface area contributed by atoms with Gasteiger partial charge in [-0.25, -0.2) is 17.9 Å². The van der Waals surface area contributed by atoms with Gasteiger partial charge in [-0.3, -0.25) is 14.9 Å². The monoisotopic (exact) mass is 481 g/mol. The molecule has 1 aliphatic rings. The van der Waals surface area contributed by atoms with E-state index in [4.69, 9.17) is 9.94 Å². The molecule has 1 fully saturated rings. The number of benzene rings is 2. The molecule has 0 radical (unpaired) electrons. The van der Waals surface area contributed by atoms with E-state index in [9.17, 15) is 13.2 Å². The van der Waals surface area contributed by atoms with Gasteiger partial charge in [0.2, 0.25) is 0 Å². The van der Waals surface area contributed by atoms with Crippen LogP contribution in [0.5, 0.6) is 5.75 Å². The molecule has 0 atom stereocenters. The van der Waals surface area contributed by atoms with Crippen LogP contribution in [0.15, 0.2) is 78.0 Å². The van der Waals surface area contributed by atoms with Gasteiger partial charge in [-0.05, 0) is 79.0 Å². The zero-order chi connectivity index (χ0) is 24.0. The van der Waals surface area contributed by atoms with E-state index in [-0.39, 0.29) is 4.90 Å². The quantitative estimate of drug-likeness (QED) is 0.276. The van der Waals surface area contributed by atoms with E-state index >= 15 is 0 Å². The van der Waals surface area contributed by atoms with Crippen LogP contribution in [0.1, 0.15) is 18.4 Å². The van der Waals surface area contributed by atoms with Crippen molar-refractivity contribution in [2.45, 2.75) is 17.7 Å². The van der Waals surface area contributed by atoms with Gasteiger partial charge in [0, 0.05) is 25.0 Å². The number of hydrogen-bond acceptors (Lipinski definition) is 6. The van der Waals surface area contributed by atoms with Gasteiger partial charge in [0.15, 0.2) is 0 Å². The van der Waals surface area contributed by atoms with Gasteiger partial charge in [-0.15, -0.1) is 0 Å². The van der Waals surface area contributed by atoms with E-state index in [1.807, 2.05) is 30.3 Å². The fourth-order valence-electron chi connectivity index (χ4n) is 3.85. The number of hydroxylamine groups is 1. The summed E-state index contributed by atoms with van der Waals surface area (Å²) in [5.74, 6) is 0.0841. The third-order valence-corrected chi connectivity index (χ3v) is 7.33. The lowest BCUT2D eigenvalue weighted by Gasteiger charge is -2.15. The van der Waals surface area contributed by atoms with Crippen molar-refractivity contribution in [1.82, 2.24) is 14.4 Å². The van der Waals surface area contributed by atoms with Crippen LogP contribution in [0.25, 0.3) is 17.2 Å². The summed E-state index contributed by atoms with van der Waals surface area (Å²) in [6.45, 7) is 3.85. The second-order valence-electron chi connectivity index (χ2n) is 8.04. The van der Waals surface area contributed by atoms with E-state index in [2.05, 4.69) is 4.90 Å². The summed E-state index contributed by atoms with van der Waals surface area (Å²) < 4.78 is 33.2. The predicted molar refractivity (Wildman–Crippen MR) is 129 cm³/mol. The molecule has 2 aromatic carbocycles. The molecule has 9 heteroatoms. The van der Waals surface area contributed by atoms with E-state index in [1.165, 1.54) is 36.8 Å². The van der Waals surface area contributed by atoms with Gasteiger partial charge in [-0.2, -0.15) is 0 Å². The first-order chi connectivity index (χ1) is 16.5.